The zero-order valence-corrected chi connectivity index (χ0v) is 10.7. The van der Waals surface area contributed by atoms with Gasteiger partial charge in [0.2, 0.25) is 0 Å². The quantitative estimate of drug-likeness (QED) is 0.654. The molecule has 0 spiro atoms. The van der Waals surface area contributed by atoms with Gasteiger partial charge in [-0.25, -0.2) is 0 Å². The smallest absolute Gasteiger partial charge is 0.0149 e. The second kappa shape index (κ2) is 3.97. The van der Waals surface area contributed by atoms with Gasteiger partial charge in [0.1, 0.15) is 0 Å². The number of rotatable bonds is 2. The third-order valence-electron chi connectivity index (χ3n) is 2.86. The van der Waals surface area contributed by atoms with Gasteiger partial charge in [0.05, 0.1) is 0 Å². The highest BCUT2D eigenvalue weighted by Crippen LogP contribution is 2.35. The molecule has 2 aromatic rings. The number of fused-ring (bicyclic) bond motifs is 1. The van der Waals surface area contributed by atoms with Gasteiger partial charge in [0.25, 0.3) is 0 Å². The zero-order valence-electron chi connectivity index (χ0n) is 9.87. The monoisotopic (exact) mass is 218 g/mol. The average molecular weight is 218 g/mol. The van der Waals surface area contributed by atoms with Crippen molar-refractivity contribution in [1.29, 1.82) is 0 Å². The minimum Gasteiger partial charge on any atom is -0.147 e. The Morgan fingerprint density at radius 2 is 1.67 bits per heavy atom. The Morgan fingerprint density at radius 3 is 2.27 bits per heavy atom. The van der Waals surface area contributed by atoms with Crippen LogP contribution < -0.4 is 0 Å². The van der Waals surface area contributed by atoms with Gasteiger partial charge >= 0.3 is 0 Å². The Morgan fingerprint density at radius 1 is 0.933 bits per heavy atom. The fourth-order valence-electron chi connectivity index (χ4n) is 2.07. The van der Waals surface area contributed by atoms with E-state index in [1.807, 2.05) is 11.3 Å². The largest absolute Gasteiger partial charge is 0.147 e. The summed E-state index contributed by atoms with van der Waals surface area (Å²) in [5, 5.41) is 5.24. The van der Waals surface area contributed by atoms with Gasteiger partial charge in [0, 0.05) is 4.88 Å². The third kappa shape index (κ3) is 1.81. The maximum atomic E-state index is 2.32. The van der Waals surface area contributed by atoms with Crippen LogP contribution in [0.25, 0.3) is 10.8 Å². The van der Waals surface area contributed by atoms with E-state index in [1.54, 1.807) is 0 Å². The van der Waals surface area contributed by atoms with E-state index in [-0.39, 0.29) is 0 Å². The number of hydrogen-bond acceptors (Lipinski definition) is 1. The molecule has 0 saturated heterocycles. The molecule has 0 N–H and O–H groups in total. The lowest BCUT2D eigenvalue weighted by atomic mass is 9.96. The SMILES string of the molecule is CC(C)c1cccc2c(C(C)C)scc12. The van der Waals surface area contributed by atoms with Crippen LogP contribution >= 0.6 is 11.3 Å². The van der Waals surface area contributed by atoms with Crippen LogP contribution in [0.4, 0.5) is 0 Å². The molecule has 0 aliphatic rings. The van der Waals surface area contributed by atoms with Gasteiger partial charge in [0.15, 0.2) is 0 Å². The molecule has 0 amide bonds. The van der Waals surface area contributed by atoms with Crippen LogP contribution in [0, 0.1) is 0 Å². The molecule has 0 aliphatic carbocycles. The van der Waals surface area contributed by atoms with E-state index in [1.165, 1.54) is 21.2 Å². The van der Waals surface area contributed by atoms with Crippen molar-refractivity contribution < 1.29 is 0 Å². The van der Waals surface area contributed by atoms with Crippen LogP contribution in [0.1, 0.15) is 50.0 Å². The average Bonchev–Trinajstić information content (AvgIpc) is 2.59. The lowest BCUT2D eigenvalue weighted by Crippen LogP contribution is -1.88. The molecule has 0 atom stereocenters. The van der Waals surface area contributed by atoms with E-state index in [2.05, 4.69) is 51.3 Å². The summed E-state index contributed by atoms with van der Waals surface area (Å²) >= 11 is 1.90. The van der Waals surface area contributed by atoms with Crippen molar-refractivity contribution in [3.8, 4) is 0 Å². The first-order valence-corrected chi connectivity index (χ1v) is 6.49. The summed E-state index contributed by atoms with van der Waals surface area (Å²) in [5.74, 6) is 1.25. The minimum absolute atomic E-state index is 0.614. The molecule has 0 bridgehead atoms. The molecule has 1 aromatic carbocycles. The molecule has 15 heavy (non-hydrogen) atoms. The van der Waals surface area contributed by atoms with Crippen molar-refractivity contribution in [2.24, 2.45) is 0 Å². The predicted molar refractivity (Wildman–Crippen MR) is 70.0 cm³/mol. The van der Waals surface area contributed by atoms with E-state index in [4.69, 9.17) is 0 Å². The van der Waals surface area contributed by atoms with Gasteiger partial charge in [-0.2, -0.15) is 0 Å². The zero-order chi connectivity index (χ0) is 11.0. The molecule has 1 aromatic heterocycles. The van der Waals surface area contributed by atoms with Crippen LogP contribution in [0.15, 0.2) is 23.6 Å². The van der Waals surface area contributed by atoms with E-state index in [9.17, 15) is 0 Å². The molecule has 0 aliphatic heterocycles. The number of hydrogen-bond donors (Lipinski definition) is 0. The summed E-state index contributed by atoms with van der Waals surface area (Å²) in [6.45, 7) is 9.07. The normalized spacial score (nSPS) is 11.9. The van der Waals surface area contributed by atoms with Gasteiger partial charge < -0.3 is 0 Å². The third-order valence-corrected chi connectivity index (χ3v) is 4.15. The summed E-state index contributed by atoms with van der Waals surface area (Å²) in [7, 11) is 0. The first kappa shape index (κ1) is 10.7. The Kier molecular flexibility index (Phi) is 2.83. The second-order valence-electron chi connectivity index (χ2n) is 4.72. The summed E-state index contributed by atoms with van der Waals surface area (Å²) in [6, 6.07) is 6.70. The highest BCUT2D eigenvalue weighted by molar-refractivity contribution is 7.11. The van der Waals surface area contributed by atoms with Gasteiger partial charge in [-0.1, -0.05) is 45.9 Å². The fraction of sp³-hybridized carbons (Fsp3) is 0.429. The first-order chi connectivity index (χ1) is 7.11. The maximum absolute atomic E-state index is 2.32. The van der Waals surface area contributed by atoms with Crippen molar-refractivity contribution in [2.75, 3.05) is 0 Å². The highest BCUT2D eigenvalue weighted by Gasteiger charge is 2.11. The summed E-state index contributed by atoms with van der Waals surface area (Å²) in [4.78, 5) is 1.52. The number of benzene rings is 1. The lowest BCUT2D eigenvalue weighted by molar-refractivity contribution is 0.875. The molecule has 0 unspecified atom stereocenters. The minimum atomic E-state index is 0.614. The van der Waals surface area contributed by atoms with E-state index >= 15 is 0 Å². The Labute approximate surface area is 95.9 Å². The first-order valence-electron chi connectivity index (χ1n) is 5.61. The van der Waals surface area contributed by atoms with Crippen molar-refractivity contribution in [2.45, 2.75) is 39.5 Å². The van der Waals surface area contributed by atoms with Crippen molar-refractivity contribution >= 4 is 22.1 Å². The summed E-state index contributed by atoms with van der Waals surface area (Å²) in [6.07, 6.45) is 0. The predicted octanol–water partition coefficient (Wildman–Crippen LogP) is 5.15. The van der Waals surface area contributed by atoms with E-state index in [0.29, 0.717) is 11.8 Å². The molecule has 0 fully saturated rings. The van der Waals surface area contributed by atoms with Crippen LogP contribution in [0.2, 0.25) is 0 Å². The molecular formula is C14H18S. The van der Waals surface area contributed by atoms with Crippen molar-refractivity contribution in [3.63, 3.8) is 0 Å². The molecule has 0 saturated carbocycles. The van der Waals surface area contributed by atoms with Crippen LogP contribution in [-0.2, 0) is 0 Å². The summed E-state index contributed by atoms with van der Waals surface area (Å²) in [5.41, 5.74) is 1.48. The molecule has 80 valence electrons. The molecule has 0 nitrogen and oxygen atoms in total. The Hall–Kier alpha value is -0.820. The Balaban J connectivity index is 2.69. The Bertz CT molecular complexity index is 463. The molecule has 1 heteroatoms. The molecule has 1 heterocycles. The summed E-state index contributed by atoms with van der Waals surface area (Å²) < 4.78 is 0. The van der Waals surface area contributed by atoms with Crippen LogP contribution in [-0.4, -0.2) is 0 Å². The molecule has 2 rings (SSSR count). The topological polar surface area (TPSA) is 0 Å². The fourth-order valence-corrected chi connectivity index (χ4v) is 3.15. The van der Waals surface area contributed by atoms with Crippen LogP contribution in [0.5, 0.6) is 0 Å². The van der Waals surface area contributed by atoms with Gasteiger partial charge in [-0.05, 0) is 33.6 Å². The van der Waals surface area contributed by atoms with Crippen molar-refractivity contribution in [1.82, 2.24) is 0 Å². The van der Waals surface area contributed by atoms with Gasteiger partial charge in [-0.15, -0.1) is 11.3 Å². The standard InChI is InChI=1S/C14H18S/c1-9(2)11-6-5-7-12-13(11)8-15-14(12)10(3)4/h5-10H,1-4H3. The molecule has 0 radical (unpaired) electrons. The van der Waals surface area contributed by atoms with E-state index < -0.39 is 0 Å². The second-order valence-corrected chi connectivity index (χ2v) is 5.63. The number of thiophene rings is 1. The lowest BCUT2D eigenvalue weighted by Gasteiger charge is -2.08. The van der Waals surface area contributed by atoms with Gasteiger partial charge in [-0.3, -0.25) is 0 Å². The maximum Gasteiger partial charge on any atom is 0.0149 e. The van der Waals surface area contributed by atoms with Crippen LogP contribution in [0.3, 0.4) is 0 Å². The molecular weight excluding hydrogens is 200 g/mol. The van der Waals surface area contributed by atoms with Crippen molar-refractivity contribution in [3.05, 3.63) is 34.0 Å². The van der Waals surface area contributed by atoms with E-state index in [0.717, 1.165) is 0 Å². The highest BCUT2D eigenvalue weighted by atomic mass is 32.1.